The predicted molar refractivity (Wildman–Crippen MR) is 88.2 cm³/mol. The number of hydrogen-bond donors (Lipinski definition) is 1. The maximum atomic E-state index is 6.40. The lowest BCUT2D eigenvalue weighted by Gasteiger charge is -2.26. The van der Waals surface area contributed by atoms with E-state index in [4.69, 9.17) is 17.3 Å². The molecular formula is C17H17BrClN. The van der Waals surface area contributed by atoms with Gasteiger partial charge in [0.15, 0.2) is 0 Å². The Balaban J connectivity index is 1.89. The Kier molecular flexibility index (Phi) is 4.16. The Morgan fingerprint density at radius 1 is 1.10 bits per heavy atom. The Morgan fingerprint density at radius 2 is 1.85 bits per heavy atom. The number of nitrogens with two attached hydrogens (primary N) is 1. The summed E-state index contributed by atoms with van der Waals surface area (Å²) in [6, 6.07) is 14.5. The topological polar surface area (TPSA) is 26.0 Å². The molecule has 0 aliphatic heterocycles. The molecule has 3 heteroatoms. The molecule has 2 aromatic carbocycles. The van der Waals surface area contributed by atoms with Gasteiger partial charge in [-0.25, -0.2) is 0 Å². The molecule has 1 aliphatic rings. The van der Waals surface area contributed by atoms with Crippen LogP contribution in [0, 0.1) is 0 Å². The van der Waals surface area contributed by atoms with E-state index in [1.807, 2.05) is 18.2 Å². The molecule has 20 heavy (non-hydrogen) atoms. The van der Waals surface area contributed by atoms with Gasteiger partial charge in [0.25, 0.3) is 0 Å². The minimum Gasteiger partial charge on any atom is -0.320 e. The highest BCUT2D eigenvalue weighted by Crippen LogP contribution is 2.37. The fourth-order valence-electron chi connectivity index (χ4n) is 2.65. The first-order valence-corrected chi connectivity index (χ1v) is 8.12. The van der Waals surface area contributed by atoms with Crippen LogP contribution < -0.4 is 5.73 Å². The lowest BCUT2D eigenvalue weighted by molar-refractivity contribution is 0.419. The van der Waals surface area contributed by atoms with Crippen molar-refractivity contribution in [1.82, 2.24) is 0 Å². The minimum absolute atomic E-state index is 0.108. The first-order valence-electron chi connectivity index (χ1n) is 6.95. The van der Waals surface area contributed by atoms with Gasteiger partial charge in [0.2, 0.25) is 0 Å². The third-order valence-electron chi connectivity index (χ3n) is 4.15. The largest absolute Gasteiger partial charge is 0.320 e. The Labute approximate surface area is 133 Å². The molecule has 1 aliphatic carbocycles. The molecule has 0 amide bonds. The van der Waals surface area contributed by atoms with Crippen LogP contribution in [0.1, 0.15) is 47.9 Å². The van der Waals surface area contributed by atoms with Crippen LogP contribution in [0.4, 0.5) is 0 Å². The molecule has 0 spiro atoms. The monoisotopic (exact) mass is 349 g/mol. The second kappa shape index (κ2) is 5.88. The minimum atomic E-state index is -0.108. The van der Waals surface area contributed by atoms with Crippen LogP contribution in [-0.4, -0.2) is 0 Å². The highest BCUT2D eigenvalue weighted by molar-refractivity contribution is 9.10. The molecule has 1 nitrogen and oxygen atoms in total. The zero-order valence-electron chi connectivity index (χ0n) is 11.2. The summed E-state index contributed by atoms with van der Waals surface area (Å²) in [4.78, 5) is 0. The molecule has 0 saturated heterocycles. The van der Waals surface area contributed by atoms with Gasteiger partial charge in [-0.3, -0.25) is 0 Å². The first-order chi connectivity index (χ1) is 9.65. The number of benzene rings is 2. The average Bonchev–Trinajstić information content (AvgIpc) is 2.39. The Bertz CT molecular complexity index is 622. The van der Waals surface area contributed by atoms with Gasteiger partial charge in [0.1, 0.15) is 0 Å². The van der Waals surface area contributed by atoms with Gasteiger partial charge in [-0.05, 0) is 63.5 Å². The van der Waals surface area contributed by atoms with Crippen molar-refractivity contribution in [2.45, 2.75) is 31.2 Å². The van der Waals surface area contributed by atoms with E-state index < -0.39 is 0 Å². The maximum Gasteiger partial charge on any atom is 0.0552 e. The molecule has 1 unspecified atom stereocenters. The van der Waals surface area contributed by atoms with Crippen LogP contribution in [0.3, 0.4) is 0 Å². The molecular weight excluding hydrogens is 334 g/mol. The lowest BCUT2D eigenvalue weighted by atomic mass is 9.79. The van der Waals surface area contributed by atoms with Crippen LogP contribution in [0.2, 0.25) is 5.02 Å². The predicted octanol–water partition coefficient (Wildman–Crippen LogP) is 5.42. The molecule has 1 atom stereocenters. The van der Waals surface area contributed by atoms with Crippen molar-refractivity contribution in [3.8, 4) is 0 Å². The van der Waals surface area contributed by atoms with Crippen molar-refractivity contribution in [3.63, 3.8) is 0 Å². The van der Waals surface area contributed by atoms with E-state index in [9.17, 15) is 0 Å². The van der Waals surface area contributed by atoms with E-state index in [1.165, 1.54) is 30.4 Å². The van der Waals surface area contributed by atoms with Crippen LogP contribution >= 0.6 is 27.5 Å². The summed E-state index contributed by atoms with van der Waals surface area (Å²) in [5, 5.41) is 0.712. The molecule has 2 N–H and O–H groups in total. The third-order valence-corrected chi connectivity index (χ3v) is 5.36. The lowest BCUT2D eigenvalue weighted by Crippen LogP contribution is -2.14. The fraction of sp³-hybridized carbons (Fsp3) is 0.294. The van der Waals surface area contributed by atoms with Crippen molar-refractivity contribution in [2.24, 2.45) is 5.73 Å². The van der Waals surface area contributed by atoms with Crippen molar-refractivity contribution in [2.75, 3.05) is 0 Å². The summed E-state index contributed by atoms with van der Waals surface area (Å²) < 4.78 is 0.891. The normalized spacial score (nSPS) is 16.8. The van der Waals surface area contributed by atoms with Crippen LogP contribution in [0.5, 0.6) is 0 Å². The van der Waals surface area contributed by atoms with E-state index >= 15 is 0 Å². The van der Waals surface area contributed by atoms with E-state index in [0.29, 0.717) is 5.02 Å². The number of hydrogen-bond acceptors (Lipinski definition) is 1. The molecule has 1 fully saturated rings. The van der Waals surface area contributed by atoms with Gasteiger partial charge in [-0.15, -0.1) is 0 Å². The van der Waals surface area contributed by atoms with Gasteiger partial charge in [0.05, 0.1) is 11.1 Å². The smallest absolute Gasteiger partial charge is 0.0552 e. The summed E-state index contributed by atoms with van der Waals surface area (Å²) in [6.07, 6.45) is 3.97. The van der Waals surface area contributed by atoms with E-state index in [0.717, 1.165) is 16.0 Å². The van der Waals surface area contributed by atoms with Crippen molar-refractivity contribution in [1.29, 1.82) is 0 Å². The van der Waals surface area contributed by atoms with Crippen LogP contribution in [0.15, 0.2) is 46.9 Å². The summed E-state index contributed by atoms with van der Waals surface area (Å²) in [5.74, 6) is 0.735. The van der Waals surface area contributed by atoms with Crippen molar-refractivity contribution < 1.29 is 0 Å². The molecule has 1 saturated carbocycles. The highest BCUT2D eigenvalue weighted by Gasteiger charge is 2.20. The van der Waals surface area contributed by atoms with Crippen molar-refractivity contribution in [3.05, 3.63) is 68.7 Å². The number of halogens is 2. The van der Waals surface area contributed by atoms with Gasteiger partial charge in [0, 0.05) is 4.47 Å². The zero-order chi connectivity index (χ0) is 14.1. The Morgan fingerprint density at radius 3 is 2.50 bits per heavy atom. The standard InChI is InChI=1S/C17H17BrClN/c18-15-10-14(7-8-16(15)19)17(20)13-6-2-5-12(9-13)11-3-1-4-11/h2,5-11,17H,1,3-4,20H2. The van der Waals surface area contributed by atoms with Gasteiger partial charge in [-0.2, -0.15) is 0 Å². The van der Waals surface area contributed by atoms with Crippen molar-refractivity contribution >= 4 is 27.5 Å². The molecule has 0 aromatic heterocycles. The van der Waals surface area contributed by atoms with Gasteiger partial charge >= 0.3 is 0 Å². The molecule has 2 aromatic rings. The van der Waals surface area contributed by atoms with E-state index in [-0.39, 0.29) is 6.04 Å². The average molecular weight is 351 g/mol. The van der Waals surface area contributed by atoms with Crippen LogP contribution in [-0.2, 0) is 0 Å². The molecule has 0 bridgehead atoms. The number of rotatable bonds is 3. The maximum absolute atomic E-state index is 6.40. The Hall–Kier alpha value is -0.830. The molecule has 0 radical (unpaired) electrons. The first kappa shape index (κ1) is 14.1. The summed E-state index contributed by atoms with van der Waals surface area (Å²) in [6.45, 7) is 0. The second-order valence-corrected chi connectivity index (χ2v) is 6.71. The molecule has 104 valence electrons. The molecule has 3 rings (SSSR count). The summed E-state index contributed by atoms with van der Waals surface area (Å²) in [7, 11) is 0. The SMILES string of the molecule is NC(c1cccc(C2CCC2)c1)c1ccc(Cl)c(Br)c1. The molecule has 0 heterocycles. The van der Waals surface area contributed by atoms with E-state index in [2.05, 4.69) is 40.2 Å². The van der Waals surface area contributed by atoms with Crippen LogP contribution in [0.25, 0.3) is 0 Å². The fourth-order valence-corrected chi connectivity index (χ4v) is 3.16. The second-order valence-electron chi connectivity index (χ2n) is 5.45. The van der Waals surface area contributed by atoms with E-state index in [1.54, 1.807) is 0 Å². The summed E-state index contributed by atoms with van der Waals surface area (Å²) >= 11 is 9.49. The third kappa shape index (κ3) is 2.78. The highest BCUT2D eigenvalue weighted by atomic mass is 79.9. The van der Waals surface area contributed by atoms with Gasteiger partial charge in [-0.1, -0.05) is 48.4 Å². The zero-order valence-corrected chi connectivity index (χ0v) is 13.5. The summed E-state index contributed by atoms with van der Waals surface area (Å²) in [5.41, 5.74) is 10.1. The quantitative estimate of drug-likeness (QED) is 0.786. The van der Waals surface area contributed by atoms with Gasteiger partial charge < -0.3 is 5.73 Å².